The van der Waals surface area contributed by atoms with Crippen LogP contribution in [-0.4, -0.2) is 49.8 Å². The van der Waals surface area contributed by atoms with Gasteiger partial charge in [-0.2, -0.15) is 0 Å². The van der Waals surface area contributed by atoms with Crippen LogP contribution in [0.15, 0.2) is 0 Å². The molecule has 3 heteroatoms. The first kappa shape index (κ1) is 12.3. The number of methoxy groups -OCH3 is 1. The van der Waals surface area contributed by atoms with E-state index in [1.54, 1.807) is 0 Å². The second kappa shape index (κ2) is 5.99. The summed E-state index contributed by atoms with van der Waals surface area (Å²) in [6.45, 7) is 6.01. The molecule has 1 heterocycles. The molecule has 2 unspecified atom stereocenters. The van der Waals surface area contributed by atoms with Crippen LogP contribution in [-0.2, 0) is 4.74 Å². The van der Waals surface area contributed by atoms with Crippen LogP contribution < -0.4 is 5.32 Å². The van der Waals surface area contributed by atoms with Gasteiger partial charge in [-0.3, -0.25) is 0 Å². The van der Waals surface area contributed by atoms with Crippen LogP contribution in [0.2, 0.25) is 0 Å². The molecule has 3 nitrogen and oxygen atoms in total. The molecular formula is C13H26N2O. The number of ether oxygens (including phenoxy) is 1. The summed E-state index contributed by atoms with van der Waals surface area (Å²) in [5.74, 6) is 0. The second-order valence-corrected chi connectivity index (χ2v) is 5.24. The lowest BCUT2D eigenvalue weighted by atomic mass is 10.0. The topological polar surface area (TPSA) is 24.5 Å². The number of hydrogen-bond acceptors (Lipinski definition) is 3. The maximum absolute atomic E-state index is 5.42. The molecule has 1 N–H and O–H groups in total. The third-order valence-electron chi connectivity index (χ3n) is 4.22. The molecule has 16 heavy (non-hydrogen) atoms. The van der Waals surface area contributed by atoms with E-state index in [1.165, 1.54) is 51.7 Å². The smallest absolute Gasteiger partial charge is 0.0586 e. The fraction of sp³-hybridized carbons (Fsp3) is 1.00. The summed E-state index contributed by atoms with van der Waals surface area (Å²) in [5, 5.41) is 3.82. The zero-order valence-electron chi connectivity index (χ0n) is 10.7. The van der Waals surface area contributed by atoms with Crippen LogP contribution in [0, 0.1) is 0 Å². The van der Waals surface area contributed by atoms with Crippen molar-refractivity contribution in [1.82, 2.24) is 10.2 Å². The molecule has 1 aliphatic heterocycles. The molecule has 0 radical (unpaired) electrons. The number of rotatable bonds is 4. The first-order valence-corrected chi connectivity index (χ1v) is 6.83. The van der Waals surface area contributed by atoms with Crippen LogP contribution in [0.1, 0.15) is 39.0 Å². The highest BCUT2D eigenvalue weighted by Crippen LogP contribution is 2.23. The van der Waals surface area contributed by atoms with Gasteiger partial charge in [0.25, 0.3) is 0 Å². The Bertz CT molecular complexity index is 202. The quantitative estimate of drug-likeness (QED) is 0.788. The van der Waals surface area contributed by atoms with Crippen molar-refractivity contribution in [3.05, 3.63) is 0 Å². The normalized spacial score (nSPS) is 33.4. The van der Waals surface area contributed by atoms with Gasteiger partial charge in [-0.25, -0.2) is 0 Å². The van der Waals surface area contributed by atoms with Crippen molar-refractivity contribution in [2.75, 3.05) is 26.7 Å². The lowest BCUT2D eigenvalue weighted by Gasteiger charge is -2.33. The zero-order valence-corrected chi connectivity index (χ0v) is 10.7. The summed E-state index contributed by atoms with van der Waals surface area (Å²) in [6, 6.07) is 1.46. The van der Waals surface area contributed by atoms with Crippen LogP contribution in [0.25, 0.3) is 0 Å². The van der Waals surface area contributed by atoms with Gasteiger partial charge in [0.05, 0.1) is 6.10 Å². The molecule has 2 fully saturated rings. The van der Waals surface area contributed by atoms with Gasteiger partial charge >= 0.3 is 0 Å². The Morgan fingerprint density at radius 1 is 1.12 bits per heavy atom. The van der Waals surface area contributed by atoms with Gasteiger partial charge in [0, 0.05) is 19.2 Å². The van der Waals surface area contributed by atoms with Crippen LogP contribution >= 0.6 is 0 Å². The Kier molecular flexibility index (Phi) is 4.62. The molecule has 2 rings (SSSR count). The molecule has 0 aromatic heterocycles. The van der Waals surface area contributed by atoms with E-state index < -0.39 is 0 Å². The minimum Gasteiger partial charge on any atom is -0.381 e. The van der Waals surface area contributed by atoms with Crippen molar-refractivity contribution >= 4 is 0 Å². The van der Waals surface area contributed by atoms with E-state index >= 15 is 0 Å². The largest absolute Gasteiger partial charge is 0.381 e. The zero-order chi connectivity index (χ0) is 11.4. The lowest BCUT2D eigenvalue weighted by Crippen LogP contribution is -2.45. The summed E-state index contributed by atoms with van der Waals surface area (Å²) in [7, 11) is 1.84. The van der Waals surface area contributed by atoms with E-state index in [0.29, 0.717) is 12.1 Å². The molecule has 94 valence electrons. The summed E-state index contributed by atoms with van der Waals surface area (Å²) >= 11 is 0. The minimum atomic E-state index is 0.508. The maximum atomic E-state index is 5.42. The van der Waals surface area contributed by atoms with Gasteiger partial charge in [-0.05, 0) is 51.7 Å². The minimum absolute atomic E-state index is 0.508. The molecule has 2 atom stereocenters. The third kappa shape index (κ3) is 3.19. The molecule has 2 aliphatic rings. The van der Waals surface area contributed by atoms with E-state index in [1.807, 2.05) is 7.11 Å². The van der Waals surface area contributed by atoms with Crippen molar-refractivity contribution in [2.45, 2.75) is 57.2 Å². The third-order valence-corrected chi connectivity index (χ3v) is 4.22. The van der Waals surface area contributed by atoms with Gasteiger partial charge < -0.3 is 15.0 Å². The molecule has 1 aliphatic carbocycles. The highest BCUT2D eigenvalue weighted by Gasteiger charge is 2.27. The van der Waals surface area contributed by atoms with Crippen LogP contribution in [0.5, 0.6) is 0 Å². The Morgan fingerprint density at radius 2 is 1.88 bits per heavy atom. The van der Waals surface area contributed by atoms with Crippen molar-refractivity contribution in [3.63, 3.8) is 0 Å². The molecular weight excluding hydrogens is 200 g/mol. The Labute approximate surface area is 99.5 Å². The first-order chi connectivity index (χ1) is 7.81. The predicted molar refractivity (Wildman–Crippen MR) is 66.7 cm³/mol. The van der Waals surface area contributed by atoms with E-state index in [4.69, 9.17) is 4.74 Å². The van der Waals surface area contributed by atoms with E-state index in [2.05, 4.69) is 17.1 Å². The van der Waals surface area contributed by atoms with Gasteiger partial charge in [-0.15, -0.1) is 0 Å². The number of piperidine rings is 1. The number of nitrogens with zero attached hydrogens (tertiary/aromatic N) is 1. The Hall–Kier alpha value is -0.120. The van der Waals surface area contributed by atoms with Crippen molar-refractivity contribution in [3.8, 4) is 0 Å². The van der Waals surface area contributed by atoms with Crippen LogP contribution in [0.3, 0.4) is 0 Å². The molecule has 0 aromatic carbocycles. The van der Waals surface area contributed by atoms with Gasteiger partial charge in [0.15, 0.2) is 0 Å². The summed E-state index contributed by atoms with van der Waals surface area (Å²) in [4.78, 5) is 2.55. The highest BCUT2D eigenvalue weighted by atomic mass is 16.5. The standard InChI is InChI=1S/C13H26N2O/c1-3-15-8-6-11(7-9-15)14-12-4-5-13(10-12)16-2/h11-14H,3-10H2,1-2H3. The molecule has 0 bridgehead atoms. The monoisotopic (exact) mass is 226 g/mol. The molecule has 0 spiro atoms. The van der Waals surface area contributed by atoms with Gasteiger partial charge in [-0.1, -0.05) is 6.92 Å². The first-order valence-electron chi connectivity index (χ1n) is 6.83. The highest BCUT2D eigenvalue weighted by molar-refractivity contribution is 4.86. The average Bonchev–Trinajstić information content (AvgIpc) is 2.78. The van der Waals surface area contributed by atoms with Crippen molar-refractivity contribution in [2.24, 2.45) is 0 Å². The average molecular weight is 226 g/mol. The maximum Gasteiger partial charge on any atom is 0.0586 e. The summed E-state index contributed by atoms with van der Waals surface area (Å²) in [6.07, 6.45) is 6.90. The fourth-order valence-electron chi connectivity index (χ4n) is 3.05. The van der Waals surface area contributed by atoms with Gasteiger partial charge in [0.2, 0.25) is 0 Å². The van der Waals surface area contributed by atoms with Crippen molar-refractivity contribution in [1.29, 1.82) is 0 Å². The van der Waals surface area contributed by atoms with Gasteiger partial charge in [0.1, 0.15) is 0 Å². The molecule has 0 amide bonds. The SMILES string of the molecule is CCN1CCC(NC2CCC(OC)C2)CC1. The Morgan fingerprint density at radius 3 is 2.44 bits per heavy atom. The van der Waals surface area contributed by atoms with Crippen molar-refractivity contribution < 1.29 is 4.74 Å². The number of hydrogen-bond donors (Lipinski definition) is 1. The lowest BCUT2D eigenvalue weighted by molar-refractivity contribution is 0.105. The van der Waals surface area contributed by atoms with E-state index in [9.17, 15) is 0 Å². The van der Waals surface area contributed by atoms with E-state index in [0.717, 1.165) is 6.04 Å². The molecule has 1 saturated carbocycles. The molecule has 1 saturated heterocycles. The van der Waals surface area contributed by atoms with E-state index in [-0.39, 0.29) is 0 Å². The summed E-state index contributed by atoms with van der Waals surface area (Å²) < 4.78 is 5.42. The van der Waals surface area contributed by atoms with Crippen LogP contribution in [0.4, 0.5) is 0 Å². The number of nitrogens with one attached hydrogen (secondary N) is 1. The molecule has 0 aromatic rings. The second-order valence-electron chi connectivity index (χ2n) is 5.24. The Balaban J connectivity index is 1.67. The number of likely N-dealkylation sites (tertiary alicyclic amines) is 1. The fourth-order valence-corrected chi connectivity index (χ4v) is 3.05. The summed E-state index contributed by atoms with van der Waals surface area (Å²) in [5.41, 5.74) is 0. The predicted octanol–water partition coefficient (Wildman–Crippen LogP) is 1.63.